The molecule has 0 aliphatic carbocycles. The van der Waals surface area contributed by atoms with Crippen LogP contribution in [0.3, 0.4) is 0 Å². The van der Waals surface area contributed by atoms with E-state index in [-0.39, 0.29) is 18.6 Å². The predicted molar refractivity (Wildman–Crippen MR) is 79.5 cm³/mol. The van der Waals surface area contributed by atoms with Gasteiger partial charge in [-0.1, -0.05) is 58.8 Å². The van der Waals surface area contributed by atoms with Crippen LogP contribution in [-0.2, 0) is 4.74 Å². The Morgan fingerprint density at radius 1 is 0.950 bits per heavy atom. The highest BCUT2D eigenvalue weighted by atomic mass is 16.6. The summed E-state index contributed by atoms with van der Waals surface area (Å²) in [5, 5.41) is 28.8. The molecule has 1 aliphatic heterocycles. The Morgan fingerprint density at radius 3 is 2.10 bits per heavy atom. The highest BCUT2D eigenvalue weighted by molar-refractivity contribution is 4.92. The third-order valence-electron chi connectivity index (χ3n) is 4.40. The topological polar surface area (TPSA) is 69.9 Å². The van der Waals surface area contributed by atoms with Gasteiger partial charge in [0.1, 0.15) is 18.3 Å². The van der Waals surface area contributed by atoms with Gasteiger partial charge in [0.2, 0.25) is 0 Å². The second-order valence-electron chi connectivity index (χ2n) is 6.19. The molecule has 4 nitrogen and oxygen atoms in total. The van der Waals surface area contributed by atoms with E-state index in [0.717, 1.165) is 12.8 Å². The maximum absolute atomic E-state index is 9.94. The highest BCUT2D eigenvalue weighted by Gasteiger charge is 2.44. The lowest BCUT2D eigenvalue weighted by Gasteiger charge is -2.22. The van der Waals surface area contributed by atoms with E-state index in [2.05, 4.69) is 13.8 Å². The van der Waals surface area contributed by atoms with Gasteiger partial charge in [-0.05, 0) is 12.3 Å². The maximum Gasteiger partial charge on any atom is 0.111 e. The lowest BCUT2D eigenvalue weighted by molar-refractivity contribution is -0.0417. The average Bonchev–Trinajstić information content (AvgIpc) is 2.74. The molecule has 0 aromatic carbocycles. The van der Waals surface area contributed by atoms with Crippen LogP contribution >= 0.6 is 0 Å². The molecule has 1 aliphatic rings. The van der Waals surface area contributed by atoms with Crippen molar-refractivity contribution < 1.29 is 20.1 Å². The third-order valence-corrected chi connectivity index (χ3v) is 4.40. The Balaban J connectivity index is 2.15. The number of aliphatic hydroxyl groups is 3. The van der Waals surface area contributed by atoms with Crippen molar-refractivity contribution in [1.29, 1.82) is 0 Å². The molecule has 1 fully saturated rings. The summed E-state index contributed by atoms with van der Waals surface area (Å²) in [7, 11) is 0. The van der Waals surface area contributed by atoms with Gasteiger partial charge in [-0.25, -0.2) is 0 Å². The van der Waals surface area contributed by atoms with Crippen LogP contribution in [-0.4, -0.2) is 46.3 Å². The first-order chi connectivity index (χ1) is 9.61. The first kappa shape index (κ1) is 17.9. The van der Waals surface area contributed by atoms with Gasteiger partial charge in [0, 0.05) is 0 Å². The molecule has 0 aromatic rings. The van der Waals surface area contributed by atoms with Crippen LogP contribution in [0.1, 0.15) is 65.2 Å². The minimum absolute atomic E-state index is 0.215. The first-order valence-electron chi connectivity index (χ1n) is 8.24. The van der Waals surface area contributed by atoms with E-state index in [4.69, 9.17) is 9.84 Å². The average molecular weight is 288 g/mol. The minimum Gasteiger partial charge on any atom is -0.394 e. The van der Waals surface area contributed by atoms with Gasteiger partial charge < -0.3 is 20.1 Å². The summed E-state index contributed by atoms with van der Waals surface area (Å²) in [5.41, 5.74) is 0. The van der Waals surface area contributed by atoms with Crippen molar-refractivity contribution in [2.24, 2.45) is 5.92 Å². The van der Waals surface area contributed by atoms with Crippen molar-refractivity contribution in [1.82, 2.24) is 0 Å². The van der Waals surface area contributed by atoms with E-state index >= 15 is 0 Å². The predicted octanol–water partition coefficient (Wildman–Crippen LogP) is 2.24. The molecule has 0 spiro atoms. The molecule has 1 saturated heterocycles. The Bertz CT molecular complexity index is 247. The van der Waals surface area contributed by atoms with Crippen LogP contribution in [0.2, 0.25) is 0 Å². The van der Waals surface area contributed by atoms with E-state index < -0.39 is 18.3 Å². The zero-order valence-electron chi connectivity index (χ0n) is 13.0. The van der Waals surface area contributed by atoms with E-state index in [1.165, 1.54) is 38.5 Å². The van der Waals surface area contributed by atoms with Crippen LogP contribution in [0.25, 0.3) is 0 Å². The number of rotatable bonds is 10. The Kier molecular flexibility index (Phi) is 8.69. The Morgan fingerprint density at radius 2 is 1.55 bits per heavy atom. The number of hydrogen-bond acceptors (Lipinski definition) is 4. The number of aliphatic hydroxyl groups excluding tert-OH is 3. The number of unbranched alkanes of at least 4 members (excludes halogenated alkanes) is 6. The summed E-state index contributed by atoms with van der Waals surface area (Å²) >= 11 is 0. The van der Waals surface area contributed by atoms with Crippen LogP contribution in [0.15, 0.2) is 0 Å². The molecule has 0 bridgehead atoms. The number of hydrogen-bond donors (Lipinski definition) is 3. The van der Waals surface area contributed by atoms with Crippen LogP contribution in [0.4, 0.5) is 0 Å². The fraction of sp³-hybridized carbons (Fsp3) is 1.00. The van der Waals surface area contributed by atoms with Crippen molar-refractivity contribution in [2.45, 2.75) is 89.6 Å². The number of ether oxygens (including phenoxy) is 1. The van der Waals surface area contributed by atoms with Crippen molar-refractivity contribution in [3.63, 3.8) is 0 Å². The fourth-order valence-electron chi connectivity index (χ4n) is 2.99. The second kappa shape index (κ2) is 9.72. The third kappa shape index (κ3) is 5.32. The summed E-state index contributed by atoms with van der Waals surface area (Å²) < 4.78 is 5.56. The van der Waals surface area contributed by atoms with Gasteiger partial charge in [0.25, 0.3) is 0 Å². The molecule has 120 valence electrons. The zero-order valence-corrected chi connectivity index (χ0v) is 13.0. The fourth-order valence-corrected chi connectivity index (χ4v) is 2.99. The lowest BCUT2D eigenvalue weighted by atomic mass is 9.92. The molecule has 0 saturated carbocycles. The molecule has 5 atom stereocenters. The minimum atomic E-state index is -0.957. The molecule has 4 heteroatoms. The van der Waals surface area contributed by atoms with Gasteiger partial charge in [-0.3, -0.25) is 0 Å². The normalized spacial score (nSPS) is 31.6. The molecule has 3 N–H and O–H groups in total. The smallest absolute Gasteiger partial charge is 0.111 e. The van der Waals surface area contributed by atoms with Crippen molar-refractivity contribution in [2.75, 3.05) is 6.61 Å². The van der Waals surface area contributed by atoms with Gasteiger partial charge in [-0.2, -0.15) is 0 Å². The summed E-state index contributed by atoms with van der Waals surface area (Å²) in [6.07, 6.45) is 7.10. The Labute approximate surface area is 123 Å². The van der Waals surface area contributed by atoms with Crippen molar-refractivity contribution in [3.05, 3.63) is 0 Å². The van der Waals surface area contributed by atoms with Crippen molar-refractivity contribution in [3.8, 4) is 0 Å². The van der Waals surface area contributed by atoms with Gasteiger partial charge in [0.05, 0.1) is 12.7 Å². The molecule has 1 heterocycles. The Hall–Kier alpha value is -0.160. The monoisotopic (exact) mass is 288 g/mol. The molecule has 0 radical (unpaired) electrons. The van der Waals surface area contributed by atoms with E-state index in [1.807, 2.05) is 0 Å². The van der Waals surface area contributed by atoms with Crippen molar-refractivity contribution >= 4 is 0 Å². The molecule has 0 aromatic heterocycles. The zero-order chi connectivity index (χ0) is 15.0. The second-order valence-corrected chi connectivity index (χ2v) is 6.19. The van der Waals surface area contributed by atoms with Crippen LogP contribution < -0.4 is 0 Å². The van der Waals surface area contributed by atoms with Gasteiger partial charge >= 0.3 is 0 Å². The van der Waals surface area contributed by atoms with Crippen LogP contribution in [0.5, 0.6) is 0 Å². The maximum atomic E-state index is 9.94. The first-order valence-corrected chi connectivity index (χ1v) is 8.24. The van der Waals surface area contributed by atoms with E-state index in [1.54, 1.807) is 0 Å². The van der Waals surface area contributed by atoms with E-state index in [0.29, 0.717) is 0 Å². The SMILES string of the molecule is CCCCCCCCCC(C)[C@H]1O[C@H](CO)[C@@H](O)[C@@H]1O. The van der Waals surface area contributed by atoms with E-state index in [9.17, 15) is 10.2 Å². The molecular weight excluding hydrogens is 256 g/mol. The summed E-state index contributed by atoms with van der Waals surface area (Å²) in [5.74, 6) is 0.215. The molecular formula is C16H32O4. The molecule has 20 heavy (non-hydrogen) atoms. The van der Waals surface area contributed by atoms with Gasteiger partial charge in [0.15, 0.2) is 0 Å². The standard InChI is InChI=1S/C16H32O4/c1-3-4-5-6-7-8-9-10-12(2)16-15(19)14(18)13(11-17)20-16/h12-19H,3-11H2,1-2H3/t12?,13-,14-,15+,16-/m1/s1. The summed E-state index contributed by atoms with van der Waals surface area (Å²) in [6.45, 7) is 4.04. The largest absolute Gasteiger partial charge is 0.394 e. The van der Waals surface area contributed by atoms with Gasteiger partial charge in [-0.15, -0.1) is 0 Å². The quantitative estimate of drug-likeness (QED) is 0.539. The summed E-state index contributed by atoms with van der Waals surface area (Å²) in [6, 6.07) is 0. The summed E-state index contributed by atoms with van der Waals surface area (Å²) in [4.78, 5) is 0. The molecule has 1 rings (SSSR count). The highest BCUT2D eigenvalue weighted by Crippen LogP contribution is 2.29. The lowest BCUT2D eigenvalue weighted by Crippen LogP contribution is -2.35. The molecule has 1 unspecified atom stereocenters. The van der Waals surface area contributed by atoms with Crippen LogP contribution in [0, 0.1) is 5.92 Å². The molecule has 0 amide bonds.